The SMILES string of the molecule is CCOc1ccccc1NC(=O)[C@H]1c2ccccc2C(=O)N(C)[C@@H]1c1c[nH]c2ccccc12. The molecule has 1 aliphatic rings. The lowest BCUT2D eigenvalue weighted by Crippen LogP contribution is -2.44. The van der Waals surface area contributed by atoms with Gasteiger partial charge in [-0.25, -0.2) is 0 Å². The molecular formula is C27H25N3O3. The van der Waals surface area contributed by atoms with Crippen molar-refractivity contribution < 1.29 is 14.3 Å². The molecule has 0 fully saturated rings. The molecule has 2 amide bonds. The number of ether oxygens (including phenoxy) is 1. The van der Waals surface area contributed by atoms with Gasteiger partial charge in [0.15, 0.2) is 0 Å². The molecular weight excluding hydrogens is 414 g/mol. The predicted molar refractivity (Wildman–Crippen MR) is 129 cm³/mol. The van der Waals surface area contributed by atoms with Crippen molar-refractivity contribution in [3.05, 3.63) is 95.7 Å². The number of para-hydroxylation sites is 3. The number of H-pyrrole nitrogens is 1. The molecule has 0 saturated carbocycles. The van der Waals surface area contributed by atoms with Crippen molar-refractivity contribution in [3.8, 4) is 5.75 Å². The molecule has 0 radical (unpaired) electrons. The molecule has 3 aromatic carbocycles. The van der Waals surface area contributed by atoms with Gasteiger partial charge in [-0.15, -0.1) is 0 Å². The molecule has 1 aromatic heterocycles. The summed E-state index contributed by atoms with van der Waals surface area (Å²) in [6.07, 6.45) is 1.90. The summed E-state index contributed by atoms with van der Waals surface area (Å²) >= 11 is 0. The largest absolute Gasteiger partial charge is 0.492 e. The highest BCUT2D eigenvalue weighted by Gasteiger charge is 2.43. The van der Waals surface area contributed by atoms with Gasteiger partial charge in [0, 0.05) is 35.3 Å². The number of benzene rings is 3. The summed E-state index contributed by atoms with van der Waals surface area (Å²) in [5.74, 6) is -0.271. The van der Waals surface area contributed by atoms with Crippen molar-refractivity contribution in [1.29, 1.82) is 0 Å². The molecule has 2 N–H and O–H groups in total. The van der Waals surface area contributed by atoms with Crippen LogP contribution in [0.3, 0.4) is 0 Å². The number of amides is 2. The fourth-order valence-electron chi connectivity index (χ4n) is 4.75. The number of hydrogen-bond acceptors (Lipinski definition) is 3. The van der Waals surface area contributed by atoms with Gasteiger partial charge in [-0.05, 0) is 36.8 Å². The molecule has 1 aliphatic heterocycles. The average molecular weight is 440 g/mol. The molecule has 0 aliphatic carbocycles. The summed E-state index contributed by atoms with van der Waals surface area (Å²) in [5.41, 5.74) is 3.76. The zero-order valence-corrected chi connectivity index (χ0v) is 18.5. The molecule has 33 heavy (non-hydrogen) atoms. The Morgan fingerprint density at radius 2 is 1.73 bits per heavy atom. The number of hydrogen-bond donors (Lipinski definition) is 2. The van der Waals surface area contributed by atoms with Crippen LogP contribution in [0.5, 0.6) is 5.75 Å². The molecule has 6 heteroatoms. The Balaban J connectivity index is 1.63. The number of aromatic nitrogens is 1. The lowest BCUT2D eigenvalue weighted by atomic mass is 9.79. The first-order chi connectivity index (χ1) is 16.1. The van der Waals surface area contributed by atoms with Gasteiger partial charge in [-0.1, -0.05) is 48.5 Å². The van der Waals surface area contributed by atoms with Crippen LogP contribution in [0, 0.1) is 0 Å². The van der Waals surface area contributed by atoms with E-state index in [1.165, 1.54) is 0 Å². The fraction of sp³-hybridized carbons (Fsp3) is 0.185. The molecule has 166 valence electrons. The van der Waals surface area contributed by atoms with Gasteiger partial charge >= 0.3 is 0 Å². The standard InChI is InChI=1S/C27H25N3O3/c1-3-33-23-15-9-8-14-22(23)29-26(31)24-18-11-4-5-12-19(18)27(32)30(2)25(24)20-16-28-21-13-7-6-10-17(20)21/h4-16,24-25,28H,3H2,1-2H3,(H,29,31)/t24-,25+/m0/s1. The van der Waals surface area contributed by atoms with Crippen LogP contribution in [0.4, 0.5) is 5.69 Å². The zero-order valence-electron chi connectivity index (χ0n) is 18.5. The summed E-state index contributed by atoms with van der Waals surface area (Å²) in [6, 6.07) is 22.2. The number of fused-ring (bicyclic) bond motifs is 2. The number of anilines is 1. The highest BCUT2D eigenvalue weighted by Crippen LogP contribution is 2.44. The van der Waals surface area contributed by atoms with Crippen LogP contribution in [0.1, 0.15) is 40.4 Å². The normalized spacial score (nSPS) is 17.6. The Morgan fingerprint density at radius 3 is 2.58 bits per heavy atom. The van der Waals surface area contributed by atoms with Crippen molar-refractivity contribution >= 4 is 28.4 Å². The van der Waals surface area contributed by atoms with Crippen molar-refractivity contribution in [3.63, 3.8) is 0 Å². The van der Waals surface area contributed by atoms with E-state index < -0.39 is 12.0 Å². The number of carbonyl (C=O) groups is 2. The Morgan fingerprint density at radius 1 is 1.00 bits per heavy atom. The van der Waals surface area contributed by atoms with Gasteiger partial charge in [0.2, 0.25) is 5.91 Å². The topological polar surface area (TPSA) is 74.4 Å². The molecule has 0 spiro atoms. The van der Waals surface area contributed by atoms with E-state index in [1.54, 1.807) is 18.0 Å². The summed E-state index contributed by atoms with van der Waals surface area (Å²) in [5, 5.41) is 4.06. The van der Waals surface area contributed by atoms with E-state index in [9.17, 15) is 9.59 Å². The average Bonchev–Trinajstić information content (AvgIpc) is 3.26. The van der Waals surface area contributed by atoms with Crippen molar-refractivity contribution in [2.45, 2.75) is 18.9 Å². The molecule has 2 atom stereocenters. The molecule has 6 nitrogen and oxygen atoms in total. The number of nitrogens with one attached hydrogen (secondary N) is 2. The first-order valence-corrected chi connectivity index (χ1v) is 11.0. The van der Waals surface area contributed by atoms with Crippen LogP contribution in [0.2, 0.25) is 0 Å². The smallest absolute Gasteiger partial charge is 0.254 e. The zero-order chi connectivity index (χ0) is 22.9. The van der Waals surface area contributed by atoms with Gasteiger partial charge in [0.05, 0.1) is 24.3 Å². The van der Waals surface area contributed by atoms with Gasteiger partial charge in [-0.2, -0.15) is 0 Å². The van der Waals surface area contributed by atoms with Crippen LogP contribution in [0.15, 0.2) is 79.0 Å². The first kappa shape index (κ1) is 20.8. The number of carbonyl (C=O) groups excluding carboxylic acids is 2. The Hall–Kier alpha value is -4.06. The second kappa shape index (κ2) is 8.47. The Bertz CT molecular complexity index is 1340. The van der Waals surface area contributed by atoms with Gasteiger partial charge < -0.3 is 19.9 Å². The minimum absolute atomic E-state index is 0.0975. The molecule has 0 unspecified atom stereocenters. The molecule has 5 rings (SSSR count). The number of rotatable bonds is 5. The molecule has 0 bridgehead atoms. The Labute approximate surface area is 192 Å². The summed E-state index contributed by atoms with van der Waals surface area (Å²) in [4.78, 5) is 32.1. The summed E-state index contributed by atoms with van der Waals surface area (Å²) in [6.45, 7) is 2.40. The molecule has 0 saturated heterocycles. The second-order valence-electron chi connectivity index (χ2n) is 8.13. The highest BCUT2D eigenvalue weighted by molar-refractivity contribution is 6.05. The van der Waals surface area contributed by atoms with Gasteiger partial charge in [0.1, 0.15) is 5.75 Å². The fourth-order valence-corrected chi connectivity index (χ4v) is 4.75. The molecule has 2 heterocycles. The Kier molecular flexibility index (Phi) is 5.34. The quantitative estimate of drug-likeness (QED) is 0.453. The van der Waals surface area contributed by atoms with Crippen LogP contribution in [0.25, 0.3) is 10.9 Å². The maximum atomic E-state index is 13.9. The van der Waals surface area contributed by atoms with E-state index in [2.05, 4.69) is 10.3 Å². The first-order valence-electron chi connectivity index (χ1n) is 11.0. The van der Waals surface area contributed by atoms with Gasteiger partial charge in [0.25, 0.3) is 5.91 Å². The lowest BCUT2D eigenvalue weighted by Gasteiger charge is -2.39. The van der Waals surface area contributed by atoms with E-state index in [0.29, 0.717) is 23.6 Å². The summed E-state index contributed by atoms with van der Waals surface area (Å²) in [7, 11) is 1.76. The monoisotopic (exact) mass is 439 g/mol. The minimum atomic E-state index is -0.599. The van der Waals surface area contributed by atoms with Gasteiger partial charge in [-0.3, -0.25) is 9.59 Å². The van der Waals surface area contributed by atoms with E-state index in [1.807, 2.05) is 79.9 Å². The predicted octanol–water partition coefficient (Wildman–Crippen LogP) is 5.12. The number of aromatic amines is 1. The third-order valence-corrected chi connectivity index (χ3v) is 6.25. The third kappa shape index (κ3) is 3.53. The van der Waals surface area contributed by atoms with Crippen LogP contribution >= 0.6 is 0 Å². The molecule has 4 aromatic rings. The number of nitrogens with zero attached hydrogens (tertiary/aromatic N) is 1. The van der Waals surface area contributed by atoms with Crippen LogP contribution < -0.4 is 10.1 Å². The van der Waals surface area contributed by atoms with E-state index >= 15 is 0 Å². The van der Waals surface area contributed by atoms with Crippen molar-refractivity contribution in [2.75, 3.05) is 19.0 Å². The maximum absolute atomic E-state index is 13.9. The van der Waals surface area contributed by atoms with E-state index in [4.69, 9.17) is 4.74 Å². The van der Waals surface area contributed by atoms with Crippen LogP contribution in [-0.2, 0) is 4.79 Å². The van der Waals surface area contributed by atoms with Crippen molar-refractivity contribution in [2.24, 2.45) is 0 Å². The van der Waals surface area contributed by atoms with Crippen molar-refractivity contribution in [1.82, 2.24) is 9.88 Å². The minimum Gasteiger partial charge on any atom is -0.492 e. The third-order valence-electron chi connectivity index (χ3n) is 6.25. The van der Waals surface area contributed by atoms with E-state index in [0.717, 1.165) is 22.0 Å². The lowest BCUT2D eigenvalue weighted by molar-refractivity contribution is -0.119. The van der Waals surface area contributed by atoms with E-state index in [-0.39, 0.29) is 11.8 Å². The van der Waals surface area contributed by atoms with Crippen LogP contribution in [-0.4, -0.2) is 35.4 Å². The maximum Gasteiger partial charge on any atom is 0.254 e. The number of likely N-dealkylation sites (N-methyl/N-ethyl adjacent to an activating group) is 1. The second-order valence-corrected chi connectivity index (χ2v) is 8.13. The highest BCUT2D eigenvalue weighted by atomic mass is 16.5. The summed E-state index contributed by atoms with van der Waals surface area (Å²) < 4.78 is 5.71.